The first-order chi connectivity index (χ1) is 12.8. The number of hydrogen-bond donors (Lipinski definition) is 1. The Morgan fingerprint density at radius 3 is 2.59 bits per heavy atom. The summed E-state index contributed by atoms with van der Waals surface area (Å²) in [5.74, 6) is -0.596. The van der Waals surface area contributed by atoms with E-state index < -0.39 is 31.5 Å². The number of nitrogens with one attached hydrogen (secondary N) is 1. The van der Waals surface area contributed by atoms with Crippen LogP contribution in [0.25, 0.3) is 10.9 Å². The predicted molar refractivity (Wildman–Crippen MR) is 97.0 cm³/mol. The molecule has 3 aromatic rings. The summed E-state index contributed by atoms with van der Waals surface area (Å²) in [5.41, 5.74) is -0.0401. The molecule has 2 aromatic carbocycles. The van der Waals surface area contributed by atoms with Gasteiger partial charge in [-0.15, -0.1) is 0 Å². The summed E-state index contributed by atoms with van der Waals surface area (Å²) >= 11 is 0. The fourth-order valence-corrected chi connectivity index (χ4v) is 3.82. The number of anilines is 1. The molecule has 0 aliphatic heterocycles. The standard InChI is InChI=1S/C17H13N3O6S/c1-26-17(21)12-9-10-18-16-11(12)5-4-6-13(16)19-27(24,25)15-8-3-2-7-14(15)20(22)23/h2-10,19H,1H3. The summed E-state index contributed by atoms with van der Waals surface area (Å²) in [5, 5.41) is 11.5. The van der Waals surface area contributed by atoms with Crippen molar-refractivity contribution >= 4 is 38.3 Å². The Kier molecular flexibility index (Phi) is 4.74. The SMILES string of the molecule is COC(=O)c1ccnc2c(NS(=O)(=O)c3ccccc3[N+](=O)[O-])cccc12. The number of carbonyl (C=O) groups is 1. The summed E-state index contributed by atoms with van der Waals surface area (Å²) in [7, 11) is -3.04. The maximum Gasteiger partial charge on any atom is 0.338 e. The van der Waals surface area contributed by atoms with E-state index in [1.807, 2.05) is 0 Å². The Morgan fingerprint density at radius 1 is 1.15 bits per heavy atom. The third-order valence-electron chi connectivity index (χ3n) is 3.77. The zero-order valence-electron chi connectivity index (χ0n) is 13.9. The minimum atomic E-state index is -4.27. The zero-order valence-corrected chi connectivity index (χ0v) is 14.8. The predicted octanol–water partition coefficient (Wildman–Crippen LogP) is 2.73. The average molecular weight is 387 g/mol. The number of benzene rings is 2. The number of nitro benzene ring substituents is 1. The van der Waals surface area contributed by atoms with Crippen LogP contribution in [0.5, 0.6) is 0 Å². The van der Waals surface area contributed by atoms with Crippen LogP contribution in [0.3, 0.4) is 0 Å². The van der Waals surface area contributed by atoms with E-state index in [9.17, 15) is 23.3 Å². The fourth-order valence-electron chi connectivity index (χ4n) is 2.58. The van der Waals surface area contributed by atoms with Crippen molar-refractivity contribution in [1.82, 2.24) is 4.98 Å². The number of rotatable bonds is 5. The molecule has 0 unspecified atom stereocenters. The zero-order chi connectivity index (χ0) is 19.6. The summed E-state index contributed by atoms with van der Waals surface area (Å²) in [4.78, 5) is 25.9. The highest BCUT2D eigenvalue weighted by Crippen LogP contribution is 2.29. The van der Waals surface area contributed by atoms with Gasteiger partial charge >= 0.3 is 5.97 Å². The maximum atomic E-state index is 12.7. The first kappa shape index (κ1) is 18.3. The Bertz CT molecular complexity index is 1160. The van der Waals surface area contributed by atoms with Gasteiger partial charge in [-0.1, -0.05) is 24.3 Å². The first-order valence-electron chi connectivity index (χ1n) is 7.57. The van der Waals surface area contributed by atoms with Crippen LogP contribution in [0, 0.1) is 10.1 Å². The number of carbonyl (C=O) groups excluding carboxylic acids is 1. The highest BCUT2D eigenvalue weighted by atomic mass is 32.2. The van der Waals surface area contributed by atoms with Crippen LogP contribution in [-0.4, -0.2) is 31.4 Å². The number of aromatic nitrogens is 1. The third-order valence-corrected chi connectivity index (χ3v) is 5.19. The van der Waals surface area contributed by atoms with Crippen LogP contribution in [-0.2, 0) is 14.8 Å². The van der Waals surface area contributed by atoms with Crippen molar-refractivity contribution in [2.75, 3.05) is 11.8 Å². The summed E-state index contributed by atoms with van der Waals surface area (Å²) in [6, 6.07) is 11.0. The van der Waals surface area contributed by atoms with E-state index in [0.717, 1.165) is 12.1 Å². The first-order valence-corrected chi connectivity index (χ1v) is 9.06. The second kappa shape index (κ2) is 7.00. The van der Waals surface area contributed by atoms with Gasteiger partial charge in [-0.2, -0.15) is 0 Å². The number of ether oxygens (including phenoxy) is 1. The molecule has 0 saturated carbocycles. The number of nitro groups is 1. The summed E-state index contributed by atoms with van der Waals surface area (Å²) in [6.45, 7) is 0. The largest absolute Gasteiger partial charge is 0.465 e. The topological polar surface area (TPSA) is 128 Å². The number of methoxy groups -OCH3 is 1. The maximum absolute atomic E-state index is 12.7. The van der Waals surface area contributed by atoms with Crippen molar-refractivity contribution in [2.24, 2.45) is 0 Å². The molecule has 0 radical (unpaired) electrons. The quantitative estimate of drug-likeness (QED) is 0.405. The number of sulfonamides is 1. The smallest absolute Gasteiger partial charge is 0.338 e. The van der Waals surface area contributed by atoms with Gasteiger partial charge in [-0.25, -0.2) is 13.2 Å². The van der Waals surface area contributed by atoms with Crippen LogP contribution in [0.15, 0.2) is 59.6 Å². The minimum Gasteiger partial charge on any atom is -0.465 e. The molecule has 0 fully saturated rings. The van der Waals surface area contributed by atoms with Crippen molar-refractivity contribution in [2.45, 2.75) is 4.90 Å². The molecule has 1 heterocycles. The van der Waals surface area contributed by atoms with Gasteiger partial charge in [0.05, 0.1) is 28.8 Å². The molecule has 27 heavy (non-hydrogen) atoms. The van der Waals surface area contributed by atoms with Gasteiger partial charge in [-0.3, -0.25) is 19.8 Å². The molecule has 0 saturated heterocycles. The molecule has 1 N–H and O–H groups in total. The molecule has 0 spiro atoms. The molecule has 3 rings (SSSR count). The monoisotopic (exact) mass is 387 g/mol. The van der Waals surface area contributed by atoms with E-state index >= 15 is 0 Å². The van der Waals surface area contributed by atoms with Crippen molar-refractivity contribution in [3.8, 4) is 0 Å². The molecule has 0 aliphatic carbocycles. The highest BCUT2D eigenvalue weighted by molar-refractivity contribution is 7.92. The molecule has 9 nitrogen and oxygen atoms in total. The summed E-state index contributed by atoms with van der Waals surface area (Å²) in [6.07, 6.45) is 1.34. The average Bonchev–Trinajstić information content (AvgIpc) is 2.67. The second-order valence-corrected chi connectivity index (χ2v) is 7.03. The number of para-hydroxylation sites is 2. The molecule has 10 heteroatoms. The van der Waals surface area contributed by atoms with E-state index in [1.165, 1.54) is 43.6 Å². The Morgan fingerprint density at radius 2 is 1.89 bits per heavy atom. The lowest BCUT2D eigenvalue weighted by Crippen LogP contribution is -2.15. The lowest BCUT2D eigenvalue weighted by molar-refractivity contribution is -0.387. The summed E-state index contributed by atoms with van der Waals surface area (Å²) < 4.78 is 32.4. The van der Waals surface area contributed by atoms with Crippen LogP contribution in [0.1, 0.15) is 10.4 Å². The third kappa shape index (κ3) is 3.42. The molecule has 0 atom stereocenters. The van der Waals surface area contributed by atoms with E-state index in [0.29, 0.717) is 5.39 Å². The van der Waals surface area contributed by atoms with Gasteiger partial charge in [-0.05, 0) is 18.2 Å². The molecule has 0 amide bonds. The molecule has 0 bridgehead atoms. The van der Waals surface area contributed by atoms with Crippen molar-refractivity contribution < 1.29 is 22.9 Å². The van der Waals surface area contributed by atoms with Gasteiger partial charge in [0.15, 0.2) is 4.90 Å². The van der Waals surface area contributed by atoms with Crippen molar-refractivity contribution in [3.05, 3.63) is 70.4 Å². The van der Waals surface area contributed by atoms with Crippen molar-refractivity contribution in [1.29, 1.82) is 0 Å². The van der Waals surface area contributed by atoms with Gasteiger partial charge in [0, 0.05) is 17.6 Å². The van der Waals surface area contributed by atoms with Gasteiger partial charge in [0.1, 0.15) is 0 Å². The lowest BCUT2D eigenvalue weighted by atomic mass is 10.1. The molecule has 1 aromatic heterocycles. The van der Waals surface area contributed by atoms with Gasteiger partial charge in [0.25, 0.3) is 15.7 Å². The van der Waals surface area contributed by atoms with E-state index in [4.69, 9.17) is 4.74 Å². The Balaban J connectivity index is 2.13. The van der Waals surface area contributed by atoms with E-state index in [-0.39, 0.29) is 16.8 Å². The van der Waals surface area contributed by atoms with Gasteiger partial charge < -0.3 is 4.74 Å². The Labute approximate surface area is 153 Å². The number of hydrogen-bond acceptors (Lipinski definition) is 7. The lowest BCUT2D eigenvalue weighted by Gasteiger charge is -2.11. The van der Waals surface area contributed by atoms with E-state index in [1.54, 1.807) is 6.07 Å². The number of fused-ring (bicyclic) bond motifs is 1. The van der Waals surface area contributed by atoms with Gasteiger partial charge in [0.2, 0.25) is 0 Å². The number of nitrogens with zero attached hydrogens (tertiary/aromatic N) is 2. The fraction of sp³-hybridized carbons (Fsp3) is 0.0588. The minimum absolute atomic E-state index is 0.0800. The molecule has 0 aliphatic rings. The van der Waals surface area contributed by atoms with Crippen molar-refractivity contribution in [3.63, 3.8) is 0 Å². The second-order valence-electron chi connectivity index (χ2n) is 5.38. The van der Waals surface area contributed by atoms with E-state index in [2.05, 4.69) is 9.71 Å². The molecular weight excluding hydrogens is 374 g/mol. The molecule has 138 valence electrons. The number of esters is 1. The number of pyridine rings is 1. The van der Waals surface area contributed by atoms with Crippen LogP contribution in [0.2, 0.25) is 0 Å². The molecular formula is C17H13N3O6S. The van der Waals surface area contributed by atoms with Crippen LogP contribution in [0.4, 0.5) is 11.4 Å². The normalized spacial score (nSPS) is 11.1. The Hall–Kier alpha value is -3.53. The van der Waals surface area contributed by atoms with Crippen LogP contribution >= 0.6 is 0 Å². The van der Waals surface area contributed by atoms with Crippen LogP contribution < -0.4 is 4.72 Å². The highest BCUT2D eigenvalue weighted by Gasteiger charge is 2.26.